The summed E-state index contributed by atoms with van der Waals surface area (Å²) >= 11 is 0. The molecule has 0 spiro atoms. The van der Waals surface area contributed by atoms with Crippen molar-refractivity contribution < 1.29 is 9.18 Å². The molecule has 3 nitrogen and oxygen atoms in total. The summed E-state index contributed by atoms with van der Waals surface area (Å²) in [6.45, 7) is 1.24. The van der Waals surface area contributed by atoms with E-state index in [0.29, 0.717) is 13.1 Å². The lowest BCUT2D eigenvalue weighted by molar-refractivity contribution is -0.133. The van der Waals surface area contributed by atoms with E-state index in [1.165, 1.54) is 17.7 Å². The quantitative estimate of drug-likeness (QED) is 0.913. The SMILES string of the molecule is Cl.N[C@@H]1CN(C(=O)C2(c3ccc(F)cc3)CC2)C[C@H]1c1ccccc1. The Morgan fingerprint density at radius 1 is 1.04 bits per heavy atom. The number of amides is 1. The van der Waals surface area contributed by atoms with Crippen molar-refractivity contribution in [2.75, 3.05) is 13.1 Å². The van der Waals surface area contributed by atoms with Crippen LogP contribution in [0.1, 0.15) is 29.9 Å². The fourth-order valence-corrected chi connectivity index (χ4v) is 3.87. The first-order valence-electron chi connectivity index (χ1n) is 8.46. The summed E-state index contributed by atoms with van der Waals surface area (Å²) < 4.78 is 13.2. The van der Waals surface area contributed by atoms with Crippen LogP contribution < -0.4 is 5.73 Å². The fraction of sp³-hybridized carbons (Fsp3) is 0.350. The monoisotopic (exact) mass is 360 g/mol. The third-order valence-corrected chi connectivity index (χ3v) is 5.44. The van der Waals surface area contributed by atoms with Gasteiger partial charge in [-0.3, -0.25) is 4.79 Å². The number of hydrogen-bond acceptors (Lipinski definition) is 2. The van der Waals surface area contributed by atoms with Gasteiger partial charge in [-0.1, -0.05) is 42.5 Å². The summed E-state index contributed by atoms with van der Waals surface area (Å²) in [5.41, 5.74) is 7.97. The third kappa shape index (κ3) is 3.16. The Kier molecular flexibility index (Phi) is 4.85. The number of carbonyl (C=O) groups excluding carboxylic acids is 1. The molecule has 1 amide bonds. The predicted molar refractivity (Wildman–Crippen MR) is 98.3 cm³/mol. The topological polar surface area (TPSA) is 46.3 Å². The molecule has 0 radical (unpaired) electrons. The first-order valence-corrected chi connectivity index (χ1v) is 8.46. The van der Waals surface area contributed by atoms with Crippen molar-refractivity contribution in [3.8, 4) is 0 Å². The van der Waals surface area contributed by atoms with Gasteiger partial charge in [0.2, 0.25) is 5.91 Å². The minimum Gasteiger partial charge on any atom is -0.340 e. The van der Waals surface area contributed by atoms with Crippen LogP contribution in [0.3, 0.4) is 0 Å². The summed E-state index contributed by atoms with van der Waals surface area (Å²) in [7, 11) is 0. The van der Waals surface area contributed by atoms with Gasteiger partial charge >= 0.3 is 0 Å². The molecule has 2 aromatic rings. The zero-order valence-electron chi connectivity index (χ0n) is 13.9. The first kappa shape index (κ1) is 17.9. The van der Waals surface area contributed by atoms with Crippen LogP contribution in [0.2, 0.25) is 0 Å². The second-order valence-corrected chi connectivity index (χ2v) is 6.98. The highest BCUT2D eigenvalue weighted by Crippen LogP contribution is 2.50. The smallest absolute Gasteiger partial charge is 0.233 e. The Labute approximate surface area is 153 Å². The number of carbonyl (C=O) groups is 1. The molecule has 2 fully saturated rings. The van der Waals surface area contributed by atoms with Gasteiger partial charge in [0, 0.05) is 25.0 Å². The van der Waals surface area contributed by atoms with Crippen molar-refractivity contribution in [3.63, 3.8) is 0 Å². The van der Waals surface area contributed by atoms with Gasteiger partial charge in [0.05, 0.1) is 5.41 Å². The van der Waals surface area contributed by atoms with E-state index in [9.17, 15) is 9.18 Å². The highest BCUT2D eigenvalue weighted by molar-refractivity contribution is 5.91. The maximum atomic E-state index is 13.2. The summed E-state index contributed by atoms with van der Waals surface area (Å²) in [5.74, 6) is 0.0523. The number of nitrogens with two attached hydrogens (primary N) is 1. The van der Waals surface area contributed by atoms with E-state index >= 15 is 0 Å². The normalized spacial score (nSPS) is 23.8. The van der Waals surface area contributed by atoms with Gasteiger partial charge in [-0.2, -0.15) is 0 Å². The third-order valence-electron chi connectivity index (χ3n) is 5.44. The number of nitrogens with zero attached hydrogens (tertiary/aromatic N) is 1. The molecule has 1 aliphatic carbocycles. The molecule has 2 aromatic carbocycles. The Morgan fingerprint density at radius 3 is 2.28 bits per heavy atom. The van der Waals surface area contributed by atoms with Crippen LogP contribution in [0.15, 0.2) is 54.6 Å². The maximum Gasteiger partial charge on any atom is 0.233 e. The minimum absolute atomic E-state index is 0. The number of hydrogen-bond donors (Lipinski definition) is 1. The highest BCUT2D eigenvalue weighted by Gasteiger charge is 2.54. The van der Waals surface area contributed by atoms with Gasteiger partial charge in [-0.15, -0.1) is 12.4 Å². The van der Waals surface area contributed by atoms with Crippen molar-refractivity contribution in [1.82, 2.24) is 4.90 Å². The van der Waals surface area contributed by atoms with Gasteiger partial charge in [0.25, 0.3) is 0 Å². The fourth-order valence-electron chi connectivity index (χ4n) is 3.87. The van der Waals surface area contributed by atoms with Crippen molar-refractivity contribution in [3.05, 3.63) is 71.5 Å². The van der Waals surface area contributed by atoms with E-state index in [1.807, 2.05) is 23.1 Å². The Morgan fingerprint density at radius 2 is 1.68 bits per heavy atom. The van der Waals surface area contributed by atoms with E-state index < -0.39 is 5.41 Å². The molecule has 0 unspecified atom stereocenters. The summed E-state index contributed by atoms with van der Waals surface area (Å²) in [6.07, 6.45) is 1.67. The molecular formula is C20H22ClFN2O. The molecule has 1 saturated heterocycles. The Hall–Kier alpha value is -1.91. The maximum absolute atomic E-state index is 13.2. The van der Waals surface area contributed by atoms with Crippen molar-refractivity contribution in [2.45, 2.75) is 30.2 Å². The number of benzene rings is 2. The summed E-state index contributed by atoms with van der Waals surface area (Å²) in [5, 5.41) is 0. The standard InChI is InChI=1S/C20H21FN2O.ClH/c21-16-8-6-15(7-9-16)20(10-11-20)19(24)23-12-17(18(22)13-23)14-4-2-1-3-5-14;/h1-9,17-18H,10-13,22H2;1H/t17-,18+;/m0./s1. The lowest BCUT2D eigenvalue weighted by atomic mass is 9.94. The van der Waals surface area contributed by atoms with Crippen LogP contribution in [-0.2, 0) is 10.2 Å². The molecule has 1 heterocycles. The van der Waals surface area contributed by atoms with Crippen molar-refractivity contribution >= 4 is 18.3 Å². The second kappa shape index (κ2) is 6.77. The molecule has 4 rings (SSSR count). The van der Waals surface area contributed by atoms with Crippen LogP contribution in [0.5, 0.6) is 0 Å². The molecule has 132 valence electrons. The zero-order valence-corrected chi connectivity index (χ0v) is 14.7. The second-order valence-electron chi connectivity index (χ2n) is 6.98. The molecule has 2 atom stereocenters. The lowest BCUT2D eigenvalue weighted by Crippen LogP contribution is -2.39. The average molecular weight is 361 g/mol. The number of likely N-dealkylation sites (tertiary alicyclic amines) is 1. The Bertz CT molecular complexity index is 746. The van der Waals surface area contributed by atoms with Gasteiger partial charge in [-0.05, 0) is 36.1 Å². The molecule has 2 N–H and O–H groups in total. The van der Waals surface area contributed by atoms with Crippen LogP contribution in [0.4, 0.5) is 4.39 Å². The molecule has 0 aromatic heterocycles. The van der Waals surface area contributed by atoms with Gasteiger partial charge in [0.15, 0.2) is 0 Å². The first-order chi connectivity index (χ1) is 11.6. The van der Waals surface area contributed by atoms with Crippen LogP contribution in [0.25, 0.3) is 0 Å². The summed E-state index contributed by atoms with van der Waals surface area (Å²) in [6, 6.07) is 16.5. The van der Waals surface area contributed by atoms with E-state index in [4.69, 9.17) is 5.73 Å². The highest BCUT2D eigenvalue weighted by atomic mass is 35.5. The number of halogens is 2. The largest absolute Gasteiger partial charge is 0.340 e. The molecular weight excluding hydrogens is 339 g/mol. The molecule has 5 heteroatoms. The van der Waals surface area contributed by atoms with E-state index in [2.05, 4.69) is 12.1 Å². The molecule has 1 saturated carbocycles. The lowest BCUT2D eigenvalue weighted by Gasteiger charge is -2.23. The van der Waals surface area contributed by atoms with Crippen LogP contribution in [-0.4, -0.2) is 29.9 Å². The molecule has 0 bridgehead atoms. The average Bonchev–Trinajstić information content (AvgIpc) is 3.32. The summed E-state index contributed by atoms with van der Waals surface area (Å²) in [4.78, 5) is 15.0. The molecule has 2 aliphatic rings. The van der Waals surface area contributed by atoms with E-state index in [-0.39, 0.29) is 36.1 Å². The van der Waals surface area contributed by atoms with Crippen molar-refractivity contribution in [1.29, 1.82) is 0 Å². The zero-order chi connectivity index (χ0) is 16.7. The van der Waals surface area contributed by atoms with Crippen LogP contribution >= 0.6 is 12.4 Å². The van der Waals surface area contributed by atoms with E-state index in [1.54, 1.807) is 12.1 Å². The molecule has 25 heavy (non-hydrogen) atoms. The van der Waals surface area contributed by atoms with Crippen molar-refractivity contribution in [2.24, 2.45) is 5.73 Å². The van der Waals surface area contributed by atoms with Gasteiger partial charge in [-0.25, -0.2) is 4.39 Å². The van der Waals surface area contributed by atoms with Gasteiger partial charge < -0.3 is 10.6 Å². The molecule has 1 aliphatic heterocycles. The van der Waals surface area contributed by atoms with E-state index in [0.717, 1.165) is 18.4 Å². The predicted octanol–water partition coefficient (Wildman–Crippen LogP) is 3.23. The Balaban J connectivity index is 0.00000182. The van der Waals surface area contributed by atoms with Gasteiger partial charge in [0.1, 0.15) is 5.82 Å². The minimum atomic E-state index is -0.459. The van der Waals surface area contributed by atoms with Crippen LogP contribution in [0, 0.1) is 5.82 Å². The number of rotatable bonds is 3.